The molecule has 0 unspecified atom stereocenters. The minimum atomic E-state index is -0.143. The fourth-order valence-electron chi connectivity index (χ4n) is 3.90. The van der Waals surface area contributed by atoms with E-state index < -0.39 is 0 Å². The summed E-state index contributed by atoms with van der Waals surface area (Å²) < 4.78 is 0. The molecule has 0 saturated carbocycles. The Morgan fingerprint density at radius 1 is 1.14 bits per heavy atom. The molecule has 116 valence electrons. The van der Waals surface area contributed by atoms with Gasteiger partial charge in [0, 0.05) is 43.6 Å². The summed E-state index contributed by atoms with van der Waals surface area (Å²) >= 11 is 0. The Bertz CT molecular complexity index is 674. The molecule has 0 amide bonds. The molecule has 2 saturated heterocycles. The van der Waals surface area contributed by atoms with Gasteiger partial charge in [-0.05, 0) is 25.5 Å². The van der Waals surface area contributed by atoms with Crippen molar-refractivity contribution in [3.8, 4) is 0 Å². The zero-order chi connectivity index (χ0) is 15.1. The first-order valence-electron chi connectivity index (χ1n) is 8.20. The Labute approximate surface area is 131 Å². The van der Waals surface area contributed by atoms with Gasteiger partial charge in [0.1, 0.15) is 0 Å². The van der Waals surface area contributed by atoms with Crippen molar-refractivity contribution < 1.29 is 5.11 Å². The number of rotatable bonds is 2. The number of para-hydroxylation sites is 1. The normalized spacial score (nSPS) is 29.8. The van der Waals surface area contributed by atoms with Crippen LogP contribution >= 0.6 is 0 Å². The molecule has 3 heterocycles. The third-order valence-electron chi connectivity index (χ3n) is 5.09. The van der Waals surface area contributed by atoms with Gasteiger partial charge in [-0.3, -0.25) is 14.8 Å². The molecule has 4 nitrogen and oxygen atoms in total. The van der Waals surface area contributed by atoms with Crippen LogP contribution < -0.4 is 0 Å². The highest BCUT2D eigenvalue weighted by atomic mass is 16.3. The molecule has 4 rings (SSSR count). The lowest BCUT2D eigenvalue weighted by Gasteiger charge is -2.42. The average Bonchev–Trinajstić information content (AvgIpc) is 2.86. The van der Waals surface area contributed by atoms with Gasteiger partial charge in [-0.2, -0.15) is 0 Å². The molecule has 22 heavy (non-hydrogen) atoms. The number of aliphatic hydroxyl groups excluding tert-OH is 1. The fraction of sp³-hybridized carbons (Fsp3) is 0.500. The number of fused-ring (bicyclic) bond motifs is 2. The van der Waals surface area contributed by atoms with Crippen LogP contribution in [0.5, 0.6) is 0 Å². The number of pyridine rings is 1. The molecule has 1 N–H and O–H groups in total. The maximum Gasteiger partial charge on any atom is 0.0705 e. The van der Waals surface area contributed by atoms with Crippen LogP contribution in [0.25, 0.3) is 10.9 Å². The van der Waals surface area contributed by atoms with E-state index in [1.165, 1.54) is 5.39 Å². The number of aliphatic hydroxyl groups is 1. The molecule has 2 aliphatic rings. The summed E-state index contributed by atoms with van der Waals surface area (Å²) in [6.45, 7) is 6.10. The molecule has 1 aromatic heterocycles. The predicted octanol–water partition coefficient (Wildman–Crippen LogP) is 1.87. The zero-order valence-electron chi connectivity index (χ0n) is 13.0. The molecular weight excluding hydrogens is 274 g/mol. The van der Waals surface area contributed by atoms with E-state index in [9.17, 15) is 5.11 Å². The van der Waals surface area contributed by atoms with Gasteiger partial charge in [-0.1, -0.05) is 24.3 Å². The molecule has 0 radical (unpaired) electrons. The summed E-state index contributed by atoms with van der Waals surface area (Å²) in [7, 11) is 0. The maximum absolute atomic E-state index is 9.87. The lowest BCUT2D eigenvalue weighted by Crippen LogP contribution is -2.54. The third kappa shape index (κ3) is 2.62. The van der Waals surface area contributed by atoms with Gasteiger partial charge in [0.2, 0.25) is 0 Å². The maximum atomic E-state index is 9.87. The van der Waals surface area contributed by atoms with Crippen molar-refractivity contribution >= 4 is 10.9 Å². The van der Waals surface area contributed by atoms with Gasteiger partial charge < -0.3 is 5.11 Å². The van der Waals surface area contributed by atoms with Gasteiger partial charge in [0.15, 0.2) is 0 Å². The van der Waals surface area contributed by atoms with Crippen molar-refractivity contribution in [3.63, 3.8) is 0 Å². The predicted molar refractivity (Wildman–Crippen MR) is 87.6 cm³/mol. The van der Waals surface area contributed by atoms with Crippen molar-refractivity contribution in [1.82, 2.24) is 14.8 Å². The van der Waals surface area contributed by atoms with Crippen LogP contribution in [0, 0.1) is 0 Å². The van der Waals surface area contributed by atoms with E-state index in [1.54, 1.807) is 0 Å². The minimum absolute atomic E-state index is 0.143. The number of hydrogen-bond donors (Lipinski definition) is 1. The van der Waals surface area contributed by atoms with Crippen LogP contribution in [0.2, 0.25) is 0 Å². The van der Waals surface area contributed by atoms with Gasteiger partial charge in [-0.15, -0.1) is 0 Å². The average molecular weight is 297 g/mol. The summed E-state index contributed by atoms with van der Waals surface area (Å²) in [5.74, 6) is 0. The smallest absolute Gasteiger partial charge is 0.0705 e. The van der Waals surface area contributed by atoms with E-state index in [0.29, 0.717) is 12.1 Å². The third-order valence-corrected chi connectivity index (χ3v) is 5.09. The molecule has 2 aromatic rings. The standard InChI is InChI=1S/C18H23N3O/c1-13-9-21-12-17(22)8-16(21)11-20(13)10-15-7-6-14-4-2-3-5-18(14)19-15/h2-7,13,16-17,22H,8-12H2,1H3/t13-,16-,17-/m1/s1. The van der Waals surface area contributed by atoms with Crippen LogP contribution in [0.15, 0.2) is 36.4 Å². The topological polar surface area (TPSA) is 39.6 Å². The Morgan fingerprint density at radius 2 is 2.00 bits per heavy atom. The van der Waals surface area contributed by atoms with Crippen molar-refractivity contribution in [2.24, 2.45) is 0 Å². The lowest BCUT2D eigenvalue weighted by atomic mass is 10.1. The Balaban J connectivity index is 1.51. The molecule has 0 bridgehead atoms. The van der Waals surface area contributed by atoms with Crippen molar-refractivity contribution in [2.75, 3.05) is 19.6 Å². The Morgan fingerprint density at radius 3 is 2.91 bits per heavy atom. The molecule has 3 atom stereocenters. The summed E-state index contributed by atoms with van der Waals surface area (Å²) in [4.78, 5) is 9.75. The highest BCUT2D eigenvalue weighted by molar-refractivity contribution is 5.78. The first kappa shape index (κ1) is 14.1. The highest BCUT2D eigenvalue weighted by Crippen LogP contribution is 2.26. The fourth-order valence-corrected chi connectivity index (χ4v) is 3.90. The van der Waals surface area contributed by atoms with Crippen LogP contribution in [0.4, 0.5) is 0 Å². The van der Waals surface area contributed by atoms with E-state index in [2.05, 4.69) is 47.1 Å². The second-order valence-corrected chi connectivity index (χ2v) is 6.77. The number of aromatic nitrogens is 1. The Kier molecular flexibility index (Phi) is 3.60. The van der Waals surface area contributed by atoms with Crippen LogP contribution in [-0.4, -0.2) is 57.7 Å². The number of piperazine rings is 1. The van der Waals surface area contributed by atoms with E-state index in [1.807, 2.05) is 6.07 Å². The van der Waals surface area contributed by atoms with Gasteiger partial charge >= 0.3 is 0 Å². The number of nitrogens with zero attached hydrogens (tertiary/aromatic N) is 3. The lowest BCUT2D eigenvalue weighted by molar-refractivity contribution is 0.0521. The monoisotopic (exact) mass is 297 g/mol. The minimum Gasteiger partial charge on any atom is -0.392 e. The summed E-state index contributed by atoms with van der Waals surface area (Å²) in [5, 5.41) is 11.1. The molecule has 4 heteroatoms. The van der Waals surface area contributed by atoms with E-state index in [-0.39, 0.29) is 6.10 Å². The van der Waals surface area contributed by atoms with Crippen molar-refractivity contribution in [3.05, 3.63) is 42.1 Å². The summed E-state index contributed by atoms with van der Waals surface area (Å²) in [6, 6.07) is 13.6. The van der Waals surface area contributed by atoms with E-state index in [0.717, 1.165) is 43.8 Å². The second-order valence-electron chi connectivity index (χ2n) is 6.77. The van der Waals surface area contributed by atoms with E-state index in [4.69, 9.17) is 4.98 Å². The molecule has 0 aliphatic carbocycles. The molecular formula is C18H23N3O. The molecule has 2 fully saturated rings. The largest absolute Gasteiger partial charge is 0.392 e. The first-order chi connectivity index (χ1) is 10.7. The second kappa shape index (κ2) is 5.61. The summed E-state index contributed by atoms with van der Waals surface area (Å²) in [6.07, 6.45) is 0.768. The van der Waals surface area contributed by atoms with Crippen molar-refractivity contribution in [1.29, 1.82) is 0 Å². The first-order valence-corrected chi connectivity index (χ1v) is 8.20. The molecule has 2 aliphatic heterocycles. The van der Waals surface area contributed by atoms with Crippen LogP contribution in [-0.2, 0) is 6.54 Å². The molecule has 1 aromatic carbocycles. The quantitative estimate of drug-likeness (QED) is 0.919. The number of hydrogen-bond acceptors (Lipinski definition) is 4. The Hall–Kier alpha value is -1.49. The SMILES string of the molecule is C[C@@H]1CN2C[C@H](O)C[C@@H]2CN1Cc1ccc2ccccc2n1. The highest BCUT2D eigenvalue weighted by Gasteiger charge is 2.38. The van der Waals surface area contributed by atoms with Crippen LogP contribution in [0.1, 0.15) is 19.0 Å². The van der Waals surface area contributed by atoms with Gasteiger partial charge in [0.25, 0.3) is 0 Å². The van der Waals surface area contributed by atoms with Crippen LogP contribution in [0.3, 0.4) is 0 Å². The molecule has 0 spiro atoms. The van der Waals surface area contributed by atoms with Gasteiger partial charge in [0.05, 0.1) is 17.3 Å². The summed E-state index contributed by atoms with van der Waals surface area (Å²) in [5.41, 5.74) is 2.21. The van der Waals surface area contributed by atoms with Gasteiger partial charge in [-0.25, -0.2) is 0 Å². The van der Waals surface area contributed by atoms with E-state index >= 15 is 0 Å². The zero-order valence-corrected chi connectivity index (χ0v) is 13.0. The van der Waals surface area contributed by atoms with Crippen molar-refractivity contribution in [2.45, 2.75) is 38.1 Å². The number of benzene rings is 1.